The van der Waals surface area contributed by atoms with Crippen LogP contribution in [-0.2, 0) is 33.7 Å². The van der Waals surface area contributed by atoms with E-state index in [1.165, 1.54) is 11.1 Å². The van der Waals surface area contributed by atoms with E-state index in [2.05, 4.69) is 36.1 Å². The third-order valence-corrected chi connectivity index (χ3v) is 6.62. The van der Waals surface area contributed by atoms with Gasteiger partial charge in [0.2, 0.25) is 5.91 Å². The highest BCUT2D eigenvalue weighted by molar-refractivity contribution is 5.83. The fraction of sp³-hybridized carbons (Fsp3) is 0.542. The summed E-state index contributed by atoms with van der Waals surface area (Å²) < 4.78 is 10.9. The van der Waals surface area contributed by atoms with Crippen LogP contribution in [0.5, 0.6) is 0 Å². The molecule has 164 valence electrons. The van der Waals surface area contributed by atoms with Gasteiger partial charge in [-0.2, -0.15) is 0 Å². The zero-order chi connectivity index (χ0) is 21.4. The standard InChI is InChI=1S/C24H30N4O3/c1-3-17-4-6-18(7-5-17)21-25-20-14-28(23(29)24(2)15-31-16-24)9-8-19(20)22(26-21)27-10-12-30-13-11-27/h4-7H,3,8-16H2,1-2H3. The average molecular weight is 423 g/mol. The Kier molecular flexibility index (Phi) is 5.40. The lowest BCUT2D eigenvalue weighted by molar-refractivity contribution is -0.169. The summed E-state index contributed by atoms with van der Waals surface area (Å²) in [4.78, 5) is 27.3. The van der Waals surface area contributed by atoms with Crippen LogP contribution < -0.4 is 4.90 Å². The van der Waals surface area contributed by atoms with Gasteiger partial charge in [-0.3, -0.25) is 4.79 Å². The van der Waals surface area contributed by atoms with Crippen LogP contribution in [0.25, 0.3) is 11.4 Å². The number of amides is 1. The van der Waals surface area contributed by atoms with Crippen molar-refractivity contribution in [2.75, 3.05) is 51.0 Å². The maximum absolute atomic E-state index is 13.1. The third kappa shape index (κ3) is 3.81. The summed E-state index contributed by atoms with van der Waals surface area (Å²) >= 11 is 0. The van der Waals surface area contributed by atoms with Gasteiger partial charge in [0.25, 0.3) is 0 Å². The fourth-order valence-corrected chi connectivity index (χ4v) is 4.55. The van der Waals surface area contributed by atoms with Crippen molar-refractivity contribution in [1.82, 2.24) is 14.9 Å². The average Bonchev–Trinajstić information content (AvgIpc) is 2.81. The summed E-state index contributed by atoms with van der Waals surface area (Å²) in [6.45, 7) is 9.47. The number of anilines is 1. The van der Waals surface area contributed by atoms with Crippen LogP contribution in [0.4, 0.5) is 5.82 Å². The van der Waals surface area contributed by atoms with Crippen molar-refractivity contribution in [3.8, 4) is 11.4 Å². The lowest BCUT2D eigenvalue weighted by Crippen LogP contribution is -2.54. The number of hydrogen-bond donors (Lipinski definition) is 0. The third-order valence-electron chi connectivity index (χ3n) is 6.62. The summed E-state index contributed by atoms with van der Waals surface area (Å²) in [7, 11) is 0. The van der Waals surface area contributed by atoms with Crippen molar-refractivity contribution >= 4 is 11.7 Å². The van der Waals surface area contributed by atoms with Crippen molar-refractivity contribution in [1.29, 1.82) is 0 Å². The van der Waals surface area contributed by atoms with Crippen molar-refractivity contribution in [2.24, 2.45) is 5.41 Å². The normalized spacial score (nSPS) is 20.2. The first-order valence-electron chi connectivity index (χ1n) is 11.3. The number of carbonyl (C=O) groups excluding carboxylic acids is 1. The van der Waals surface area contributed by atoms with Gasteiger partial charge in [0.1, 0.15) is 5.82 Å². The highest BCUT2D eigenvalue weighted by Gasteiger charge is 2.44. The van der Waals surface area contributed by atoms with E-state index in [0.717, 1.165) is 48.8 Å². The molecule has 0 spiro atoms. The highest BCUT2D eigenvalue weighted by Crippen LogP contribution is 2.34. The number of rotatable bonds is 4. The second kappa shape index (κ2) is 8.20. The molecule has 2 aromatic rings. The van der Waals surface area contributed by atoms with Gasteiger partial charge in [-0.05, 0) is 25.3 Å². The van der Waals surface area contributed by atoms with E-state index in [4.69, 9.17) is 19.4 Å². The van der Waals surface area contributed by atoms with Crippen LogP contribution in [0.1, 0.15) is 30.7 Å². The van der Waals surface area contributed by atoms with Gasteiger partial charge in [-0.15, -0.1) is 0 Å². The Bertz CT molecular complexity index is 966. The molecule has 1 aromatic heterocycles. The number of benzene rings is 1. The number of fused-ring (bicyclic) bond motifs is 1. The van der Waals surface area contributed by atoms with Crippen LogP contribution in [0.15, 0.2) is 24.3 Å². The van der Waals surface area contributed by atoms with Crippen LogP contribution in [0.2, 0.25) is 0 Å². The molecule has 4 heterocycles. The van der Waals surface area contributed by atoms with Gasteiger partial charge in [-0.25, -0.2) is 9.97 Å². The Labute approximate surface area is 183 Å². The Balaban J connectivity index is 1.51. The van der Waals surface area contributed by atoms with Gasteiger partial charge in [0.15, 0.2) is 5.82 Å². The van der Waals surface area contributed by atoms with E-state index in [9.17, 15) is 4.79 Å². The first-order chi connectivity index (χ1) is 15.1. The summed E-state index contributed by atoms with van der Waals surface area (Å²) in [5.41, 5.74) is 4.06. The molecule has 1 amide bonds. The molecule has 1 aromatic carbocycles. The minimum absolute atomic E-state index is 0.171. The molecule has 0 bridgehead atoms. The Morgan fingerprint density at radius 3 is 2.45 bits per heavy atom. The van der Waals surface area contributed by atoms with E-state index in [0.29, 0.717) is 39.5 Å². The number of hydrogen-bond acceptors (Lipinski definition) is 6. The molecule has 2 fully saturated rings. The van der Waals surface area contributed by atoms with Gasteiger partial charge in [0.05, 0.1) is 44.1 Å². The van der Waals surface area contributed by atoms with Gasteiger partial charge >= 0.3 is 0 Å². The molecule has 31 heavy (non-hydrogen) atoms. The smallest absolute Gasteiger partial charge is 0.233 e. The minimum atomic E-state index is -0.392. The molecule has 0 N–H and O–H groups in total. The number of carbonyl (C=O) groups is 1. The van der Waals surface area contributed by atoms with Crippen molar-refractivity contribution in [3.05, 3.63) is 41.1 Å². The second-order valence-corrected chi connectivity index (χ2v) is 8.98. The van der Waals surface area contributed by atoms with E-state index < -0.39 is 5.41 Å². The van der Waals surface area contributed by atoms with Crippen molar-refractivity contribution < 1.29 is 14.3 Å². The Morgan fingerprint density at radius 1 is 1.06 bits per heavy atom. The van der Waals surface area contributed by atoms with Gasteiger partial charge in [0, 0.05) is 30.8 Å². The molecule has 5 rings (SSSR count). The molecular formula is C24H30N4O3. The number of aromatic nitrogens is 2. The Hall–Kier alpha value is -2.51. The minimum Gasteiger partial charge on any atom is -0.379 e. The molecule has 0 saturated carbocycles. The molecule has 2 saturated heterocycles. The van der Waals surface area contributed by atoms with E-state index >= 15 is 0 Å². The molecule has 0 unspecified atom stereocenters. The number of morpholine rings is 1. The lowest BCUT2D eigenvalue weighted by Gasteiger charge is -2.42. The maximum atomic E-state index is 13.1. The van der Waals surface area contributed by atoms with E-state index in [1.54, 1.807) is 0 Å². The fourth-order valence-electron chi connectivity index (χ4n) is 4.55. The first-order valence-corrected chi connectivity index (χ1v) is 11.3. The predicted octanol–water partition coefficient (Wildman–Crippen LogP) is 2.46. The molecule has 0 radical (unpaired) electrons. The monoisotopic (exact) mass is 422 g/mol. The predicted molar refractivity (Wildman–Crippen MR) is 118 cm³/mol. The quantitative estimate of drug-likeness (QED) is 0.754. The molecule has 7 nitrogen and oxygen atoms in total. The molecular weight excluding hydrogens is 392 g/mol. The molecule has 0 aliphatic carbocycles. The SMILES string of the molecule is CCc1ccc(-c2nc3c(c(N4CCOCC4)n2)CCN(C(=O)C2(C)COC2)C3)cc1. The summed E-state index contributed by atoms with van der Waals surface area (Å²) in [5.74, 6) is 1.91. The number of aryl methyl sites for hydroxylation is 1. The Morgan fingerprint density at radius 2 is 1.81 bits per heavy atom. The van der Waals surface area contributed by atoms with E-state index in [1.807, 2.05) is 11.8 Å². The molecule has 3 aliphatic heterocycles. The molecule has 3 aliphatic rings. The van der Waals surface area contributed by atoms with Gasteiger partial charge < -0.3 is 19.3 Å². The topological polar surface area (TPSA) is 67.8 Å². The zero-order valence-corrected chi connectivity index (χ0v) is 18.4. The molecule has 0 atom stereocenters. The highest BCUT2D eigenvalue weighted by atomic mass is 16.5. The largest absolute Gasteiger partial charge is 0.379 e. The van der Waals surface area contributed by atoms with Crippen molar-refractivity contribution in [3.63, 3.8) is 0 Å². The van der Waals surface area contributed by atoms with Gasteiger partial charge in [-0.1, -0.05) is 31.2 Å². The van der Waals surface area contributed by atoms with Crippen molar-refractivity contribution in [2.45, 2.75) is 33.2 Å². The number of ether oxygens (including phenoxy) is 2. The van der Waals surface area contributed by atoms with Crippen LogP contribution in [0, 0.1) is 5.41 Å². The molecule has 7 heteroatoms. The second-order valence-electron chi connectivity index (χ2n) is 8.98. The summed E-state index contributed by atoms with van der Waals surface area (Å²) in [6.07, 6.45) is 1.78. The first kappa shape index (κ1) is 20.4. The lowest BCUT2D eigenvalue weighted by atomic mass is 9.86. The maximum Gasteiger partial charge on any atom is 0.233 e. The van der Waals surface area contributed by atoms with E-state index in [-0.39, 0.29) is 5.91 Å². The van der Waals surface area contributed by atoms with Crippen LogP contribution in [-0.4, -0.2) is 66.8 Å². The van der Waals surface area contributed by atoms with Crippen LogP contribution >= 0.6 is 0 Å². The summed E-state index contributed by atoms with van der Waals surface area (Å²) in [6, 6.07) is 8.48. The zero-order valence-electron chi connectivity index (χ0n) is 18.4. The summed E-state index contributed by atoms with van der Waals surface area (Å²) in [5, 5.41) is 0. The number of nitrogens with zero attached hydrogens (tertiary/aromatic N) is 4. The van der Waals surface area contributed by atoms with Crippen LogP contribution in [0.3, 0.4) is 0 Å².